The standard InChI is InChI=1S/C52H40N4O/c1-52(2,3)38-31-45(37-19-8-5-9-20-37)53-51(32-38)56-47-26-13-11-24-43(47)44-30-29-41(34-50(44)56)57-40-22-16-21-39(33-40)54-35-55(49-28-15-14-27-48(49)54)46-25-12-10-23-42(46)36-17-6-4-7-18-36/h4-34H,1-3H3. The average Bonchev–Trinajstić information content (AvgIpc) is 3.80. The molecule has 0 unspecified atom stereocenters. The number of benzene rings is 7. The lowest BCUT2D eigenvalue weighted by molar-refractivity contribution is -0.571. The van der Waals surface area contributed by atoms with E-state index in [1.54, 1.807) is 0 Å². The summed E-state index contributed by atoms with van der Waals surface area (Å²) in [4.78, 5) is 5.30. The minimum atomic E-state index is -0.0771. The van der Waals surface area contributed by atoms with E-state index < -0.39 is 0 Å². The van der Waals surface area contributed by atoms with Gasteiger partial charge in [-0.25, -0.2) is 4.98 Å². The van der Waals surface area contributed by atoms with Crippen molar-refractivity contribution in [2.75, 3.05) is 0 Å². The molecule has 57 heavy (non-hydrogen) atoms. The molecule has 3 aromatic heterocycles. The summed E-state index contributed by atoms with van der Waals surface area (Å²) in [5, 5.41) is 2.31. The molecular formula is C52H40N4O. The first-order chi connectivity index (χ1) is 27.9. The molecule has 0 aliphatic carbocycles. The van der Waals surface area contributed by atoms with Crippen LogP contribution in [0.1, 0.15) is 26.3 Å². The highest BCUT2D eigenvalue weighted by Crippen LogP contribution is 2.37. The van der Waals surface area contributed by atoms with Gasteiger partial charge in [0, 0.05) is 22.4 Å². The van der Waals surface area contributed by atoms with Crippen LogP contribution < -0.4 is 9.30 Å². The molecule has 0 N–H and O–H groups in total. The van der Waals surface area contributed by atoms with Gasteiger partial charge in [0.1, 0.15) is 17.3 Å². The van der Waals surface area contributed by atoms with Crippen molar-refractivity contribution in [3.63, 3.8) is 0 Å². The van der Waals surface area contributed by atoms with Crippen LogP contribution in [0.2, 0.25) is 0 Å². The molecule has 0 bridgehead atoms. The van der Waals surface area contributed by atoms with Gasteiger partial charge >= 0.3 is 0 Å². The van der Waals surface area contributed by atoms with Crippen LogP contribution in [0.5, 0.6) is 11.5 Å². The highest BCUT2D eigenvalue weighted by Gasteiger charge is 2.21. The van der Waals surface area contributed by atoms with Crippen LogP contribution >= 0.6 is 0 Å². The van der Waals surface area contributed by atoms with Crippen molar-refractivity contribution >= 4 is 32.8 Å². The molecule has 10 rings (SSSR count). The Balaban J connectivity index is 1.07. The zero-order chi connectivity index (χ0) is 38.5. The Bertz CT molecular complexity index is 3080. The molecule has 0 radical (unpaired) electrons. The van der Waals surface area contributed by atoms with Gasteiger partial charge in [0.2, 0.25) is 0 Å². The first kappa shape index (κ1) is 34.3. The SMILES string of the molecule is CC(C)(C)c1cc(-c2ccccc2)nc(-n2c3ccccc3c3ccc(Oc4cccc(-n5[c-][n+](-c6ccccc6-c6ccccc6)c6ccccc65)c4)cc32)c1. The number of hydrogen-bond donors (Lipinski definition) is 0. The number of hydrogen-bond acceptors (Lipinski definition) is 2. The molecule has 5 nitrogen and oxygen atoms in total. The second-order valence-electron chi connectivity index (χ2n) is 15.5. The maximum atomic E-state index is 6.72. The van der Waals surface area contributed by atoms with Crippen molar-refractivity contribution < 1.29 is 9.30 Å². The molecule has 0 aliphatic heterocycles. The molecule has 0 aliphatic rings. The van der Waals surface area contributed by atoms with Gasteiger partial charge in [0.05, 0.1) is 39.1 Å². The maximum Gasteiger partial charge on any atom is 0.269 e. The fraction of sp³-hybridized carbons (Fsp3) is 0.0769. The van der Waals surface area contributed by atoms with Crippen molar-refractivity contribution in [1.82, 2.24) is 14.1 Å². The van der Waals surface area contributed by atoms with E-state index in [2.05, 4.69) is 211 Å². The lowest BCUT2D eigenvalue weighted by atomic mass is 9.86. The predicted molar refractivity (Wildman–Crippen MR) is 232 cm³/mol. The summed E-state index contributed by atoms with van der Waals surface area (Å²) in [5.74, 6) is 2.35. The quantitative estimate of drug-likeness (QED) is 0.121. The third kappa shape index (κ3) is 6.24. The molecule has 10 aromatic rings. The third-order valence-corrected chi connectivity index (χ3v) is 10.7. The van der Waals surface area contributed by atoms with Gasteiger partial charge in [-0.05, 0) is 76.7 Å². The minimum Gasteiger partial charge on any atom is -0.458 e. The third-order valence-electron chi connectivity index (χ3n) is 10.7. The van der Waals surface area contributed by atoms with E-state index in [4.69, 9.17) is 9.72 Å². The molecule has 0 spiro atoms. The lowest BCUT2D eigenvalue weighted by Gasteiger charge is -2.21. The van der Waals surface area contributed by atoms with Crippen molar-refractivity contribution in [3.05, 3.63) is 200 Å². The number of imidazole rings is 1. The number of nitrogens with zero attached hydrogens (tertiary/aromatic N) is 4. The molecule has 0 atom stereocenters. The second kappa shape index (κ2) is 13.8. The van der Waals surface area contributed by atoms with Crippen LogP contribution in [0.15, 0.2) is 188 Å². The van der Waals surface area contributed by atoms with E-state index in [9.17, 15) is 0 Å². The van der Waals surface area contributed by atoms with Gasteiger partial charge in [-0.3, -0.25) is 13.7 Å². The van der Waals surface area contributed by atoms with Crippen LogP contribution in [0.3, 0.4) is 0 Å². The van der Waals surface area contributed by atoms with Crippen LogP contribution in [0.25, 0.3) is 72.4 Å². The van der Waals surface area contributed by atoms with Crippen molar-refractivity contribution in [3.8, 4) is 51.1 Å². The topological polar surface area (TPSA) is 35.9 Å². The number of rotatable bonds is 7. The van der Waals surface area contributed by atoms with Gasteiger partial charge in [-0.15, -0.1) is 0 Å². The van der Waals surface area contributed by atoms with E-state index in [0.29, 0.717) is 0 Å². The number of para-hydroxylation sites is 4. The van der Waals surface area contributed by atoms with E-state index in [1.165, 1.54) is 10.9 Å². The smallest absolute Gasteiger partial charge is 0.269 e. The first-order valence-electron chi connectivity index (χ1n) is 19.4. The molecular weight excluding hydrogens is 697 g/mol. The Morgan fingerprint density at radius 2 is 1.21 bits per heavy atom. The zero-order valence-electron chi connectivity index (χ0n) is 32.1. The first-order valence-corrected chi connectivity index (χ1v) is 19.4. The van der Waals surface area contributed by atoms with E-state index in [-0.39, 0.29) is 5.41 Å². The van der Waals surface area contributed by atoms with Gasteiger partial charge in [0.15, 0.2) is 0 Å². The van der Waals surface area contributed by atoms with Gasteiger partial charge in [-0.2, -0.15) is 0 Å². The second-order valence-corrected chi connectivity index (χ2v) is 15.5. The van der Waals surface area contributed by atoms with Gasteiger partial charge in [-0.1, -0.05) is 148 Å². The van der Waals surface area contributed by atoms with Crippen LogP contribution in [-0.2, 0) is 5.41 Å². The molecule has 3 heterocycles. The molecule has 5 heteroatoms. The average molecular weight is 737 g/mol. The Morgan fingerprint density at radius 1 is 0.544 bits per heavy atom. The summed E-state index contributed by atoms with van der Waals surface area (Å²) in [6, 6.07) is 65.5. The molecule has 0 fully saturated rings. The van der Waals surface area contributed by atoms with E-state index >= 15 is 0 Å². The number of aromatic nitrogens is 4. The van der Waals surface area contributed by atoms with Crippen LogP contribution in [-0.4, -0.2) is 14.1 Å². The summed E-state index contributed by atoms with van der Waals surface area (Å²) >= 11 is 0. The lowest BCUT2D eigenvalue weighted by Crippen LogP contribution is -2.30. The van der Waals surface area contributed by atoms with Gasteiger partial charge < -0.3 is 4.74 Å². The molecule has 0 saturated carbocycles. The number of fused-ring (bicyclic) bond motifs is 4. The zero-order valence-corrected chi connectivity index (χ0v) is 32.1. The summed E-state index contributed by atoms with van der Waals surface area (Å²) in [7, 11) is 0. The monoisotopic (exact) mass is 736 g/mol. The Morgan fingerprint density at radius 3 is 2.02 bits per heavy atom. The fourth-order valence-corrected chi connectivity index (χ4v) is 7.86. The summed E-state index contributed by atoms with van der Waals surface area (Å²) < 4.78 is 13.3. The molecule has 0 saturated heterocycles. The minimum absolute atomic E-state index is 0.0771. The summed E-state index contributed by atoms with van der Waals surface area (Å²) in [6.07, 6.45) is 3.69. The van der Waals surface area contributed by atoms with Crippen LogP contribution in [0.4, 0.5) is 0 Å². The molecule has 7 aromatic carbocycles. The Kier molecular flexibility index (Phi) is 8.30. The Hall–Kier alpha value is -7.24. The predicted octanol–water partition coefficient (Wildman–Crippen LogP) is 12.6. The van der Waals surface area contributed by atoms with Crippen molar-refractivity contribution in [2.45, 2.75) is 26.2 Å². The van der Waals surface area contributed by atoms with E-state index in [1.807, 2.05) is 18.2 Å². The van der Waals surface area contributed by atoms with Crippen molar-refractivity contribution in [2.24, 2.45) is 0 Å². The highest BCUT2D eigenvalue weighted by molar-refractivity contribution is 6.09. The van der Waals surface area contributed by atoms with Crippen LogP contribution in [0, 0.1) is 6.33 Å². The molecule has 0 amide bonds. The highest BCUT2D eigenvalue weighted by atomic mass is 16.5. The fourth-order valence-electron chi connectivity index (χ4n) is 7.86. The largest absolute Gasteiger partial charge is 0.458 e. The molecule has 274 valence electrons. The number of pyridine rings is 1. The maximum absolute atomic E-state index is 6.72. The van der Waals surface area contributed by atoms with Gasteiger partial charge in [0.25, 0.3) is 6.33 Å². The number of ether oxygens (including phenoxy) is 1. The summed E-state index contributed by atoms with van der Waals surface area (Å²) in [6.45, 7) is 6.76. The summed E-state index contributed by atoms with van der Waals surface area (Å²) in [5.41, 5.74) is 11.7. The normalized spacial score (nSPS) is 11.8. The van der Waals surface area contributed by atoms with Crippen molar-refractivity contribution in [1.29, 1.82) is 0 Å². The van der Waals surface area contributed by atoms with E-state index in [0.717, 1.165) is 78.5 Å². The Labute approximate surface area is 332 Å².